The number of hydrogen-bond donors (Lipinski definition) is 1. The largest absolute Gasteiger partial charge is 0.493 e. The molecule has 6 nitrogen and oxygen atoms in total. The van der Waals surface area contributed by atoms with Crippen LogP contribution in [0.1, 0.15) is 18.1 Å². The van der Waals surface area contributed by atoms with E-state index in [-0.39, 0.29) is 10.8 Å². The first-order chi connectivity index (χ1) is 14.6. The molecule has 1 N–H and O–H groups in total. The number of benzene rings is 2. The number of nitrogens with one attached hydrogen (secondary N) is 1. The predicted octanol–water partition coefficient (Wildman–Crippen LogP) is 4.96. The third-order valence-electron chi connectivity index (χ3n) is 3.82. The van der Waals surface area contributed by atoms with Crippen molar-refractivity contribution >= 4 is 35.2 Å². The second kappa shape index (κ2) is 10.7. The number of anilines is 1. The van der Waals surface area contributed by atoms with Gasteiger partial charge in [0.2, 0.25) is 0 Å². The Kier molecular flexibility index (Phi) is 8.32. The maximum atomic E-state index is 13.1. The third-order valence-corrected chi connectivity index (χ3v) is 4.05. The fraction of sp³-hybridized carbons (Fsp3) is 0.238. The Balaban J connectivity index is 1.90. The van der Waals surface area contributed by atoms with Crippen molar-refractivity contribution in [2.45, 2.75) is 13.1 Å². The highest BCUT2D eigenvalue weighted by atomic mass is 35.5. The highest BCUT2D eigenvalue weighted by Gasteiger charge is 2.34. The van der Waals surface area contributed by atoms with Crippen LogP contribution in [0.3, 0.4) is 0 Å². The predicted molar refractivity (Wildman–Crippen MR) is 109 cm³/mol. The number of carbonyl (C=O) groups excluding carboxylic acids is 2. The van der Waals surface area contributed by atoms with E-state index in [1.54, 1.807) is 18.2 Å². The van der Waals surface area contributed by atoms with Crippen LogP contribution in [0.2, 0.25) is 5.02 Å². The van der Waals surface area contributed by atoms with Crippen molar-refractivity contribution in [3.8, 4) is 11.5 Å². The number of rotatable bonds is 8. The van der Waals surface area contributed by atoms with Crippen molar-refractivity contribution in [3.05, 3.63) is 58.6 Å². The molecule has 0 aliphatic rings. The summed E-state index contributed by atoms with van der Waals surface area (Å²) in [7, 11) is 1.44. The summed E-state index contributed by atoms with van der Waals surface area (Å²) >= 11 is 5.59. The van der Waals surface area contributed by atoms with Gasteiger partial charge in [0.1, 0.15) is 0 Å². The molecule has 10 heteroatoms. The molecule has 0 bridgehead atoms. The topological polar surface area (TPSA) is 73.9 Å². The van der Waals surface area contributed by atoms with Crippen LogP contribution in [0.4, 0.5) is 18.9 Å². The van der Waals surface area contributed by atoms with E-state index in [1.807, 2.05) is 24.4 Å². The van der Waals surface area contributed by atoms with Crippen LogP contribution in [0.25, 0.3) is 6.08 Å². The lowest BCUT2D eigenvalue weighted by molar-refractivity contribution is -0.149. The SMILES string of the molecule is C/C=C/c1ccc(OCC(=O)OCC(=O)Nc2ccc(Cl)cc2C(F)(F)F)c(OC)c1. The van der Waals surface area contributed by atoms with E-state index in [1.165, 1.54) is 13.2 Å². The van der Waals surface area contributed by atoms with Crippen LogP contribution < -0.4 is 14.8 Å². The Bertz CT molecular complexity index is 976. The van der Waals surface area contributed by atoms with Gasteiger partial charge in [-0.1, -0.05) is 29.8 Å². The van der Waals surface area contributed by atoms with Gasteiger partial charge in [0.25, 0.3) is 5.91 Å². The first-order valence-corrected chi connectivity index (χ1v) is 9.27. The van der Waals surface area contributed by atoms with E-state index in [4.69, 9.17) is 25.8 Å². The molecule has 0 aromatic heterocycles. The average molecular weight is 458 g/mol. The summed E-state index contributed by atoms with van der Waals surface area (Å²) in [4.78, 5) is 23.7. The van der Waals surface area contributed by atoms with Gasteiger partial charge in [-0.25, -0.2) is 4.79 Å². The van der Waals surface area contributed by atoms with Crippen LogP contribution in [0.15, 0.2) is 42.5 Å². The Labute approximate surface area is 181 Å². The Hall–Kier alpha value is -3.20. The van der Waals surface area contributed by atoms with Crippen molar-refractivity contribution in [2.24, 2.45) is 0 Å². The first kappa shape index (κ1) is 24.1. The summed E-state index contributed by atoms with van der Waals surface area (Å²) < 4.78 is 54.5. The molecule has 0 spiro atoms. The van der Waals surface area contributed by atoms with Crippen LogP contribution >= 0.6 is 11.6 Å². The van der Waals surface area contributed by atoms with E-state index >= 15 is 0 Å². The number of carbonyl (C=O) groups is 2. The van der Waals surface area contributed by atoms with Crippen LogP contribution in [-0.2, 0) is 20.5 Å². The van der Waals surface area contributed by atoms with Gasteiger partial charge in [0, 0.05) is 5.02 Å². The number of alkyl halides is 3. The van der Waals surface area contributed by atoms with E-state index in [0.29, 0.717) is 11.8 Å². The summed E-state index contributed by atoms with van der Waals surface area (Å²) in [6, 6.07) is 7.96. The molecule has 0 radical (unpaired) electrons. The molecule has 0 aliphatic heterocycles. The second-order valence-corrected chi connectivity index (χ2v) is 6.53. The van der Waals surface area contributed by atoms with Gasteiger partial charge in [-0.05, 0) is 42.8 Å². The standard InChI is InChI=1S/C21H19ClF3NO5/c1-3-4-13-5-8-17(18(9-13)29-2)30-12-20(28)31-11-19(27)26-16-7-6-14(22)10-15(16)21(23,24)25/h3-10H,11-12H2,1-2H3,(H,26,27)/b4-3+. The maximum Gasteiger partial charge on any atom is 0.418 e. The average Bonchev–Trinajstić information content (AvgIpc) is 2.72. The van der Waals surface area contributed by atoms with Gasteiger partial charge in [-0.3, -0.25) is 4.79 Å². The first-order valence-electron chi connectivity index (χ1n) is 8.89. The normalized spacial score (nSPS) is 11.3. The van der Waals surface area contributed by atoms with Crippen LogP contribution in [-0.4, -0.2) is 32.2 Å². The number of methoxy groups -OCH3 is 1. The van der Waals surface area contributed by atoms with E-state index in [9.17, 15) is 22.8 Å². The summed E-state index contributed by atoms with van der Waals surface area (Å²) in [5.74, 6) is -1.16. The van der Waals surface area contributed by atoms with E-state index in [2.05, 4.69) is 0 Å². The third kappa shape index (κ3) is 7.21. The maximum absolute atomic E-state index is 13.1. The van der Waals surface area contributed by atoms with Crippen molar-refractivity contribution in [3.63, 3.8) is 0 Å². The minimum atomic E-state index is -4.72. The molecule has 2 aromatic rings. The van der Waals surface area contributed by atoms with Crippen molar-refractivity contribution < 1.29 is 37.0 Å². The molecule has 2 aromatic carbocycles. The lowest BCUT2D eigenvalue weighted by Crippen LogP contribution is -2.24. The molecule has 2 rings (SSSR count). The van der Waals surface area contributed by atoms with Gasteiger partial charge >= 0.3 is 12.1 Å². The molecule has 0 fully saturated rings. The number of amides is 1. The molecule has 31 heavy (non-hydrogen) atoms. The molecule has 1 amide bonds. The lowest BCUT2D eigenvalue weighted by atomic mass is 10.1. The minimum Gasteiger partial charge on any atom is -0.493 e. The van der Waals surface area contributed by atoms with Crippen LogP contribution in [0.5, 0.6) is 11.5 Å². The Morgan fingerprint density at radius 3 is 2.48 bits per heavy atom. The smallest absolute Gasteiger partial charge is 0.418 e. The molecule has 0 saturated heterocycles. The molecule has 0 atom stereocenters. The van der Waals surface area contributed by atoms with E-state index < -0.39 is 42.5 Å². The quantitative estimate of drug-likeness (QED) is 0.567. The van der Waals surface area contributed by atoms with Crippen molar-refractivity contribution in [1.82, 2.24) is 0 Å². The zero-order valence-electron chi connectivity index (χ0n) is 16.6. The highest BCUT2D eigenvalue weighted by Crippen LogP contribution is 2.36. The number of esters is 1. The molecule has 0 saturated carbocycles. The summed E-state index contributed by atoms with van der Waals surface area (Å²) in [5, 5.41) is 1.91. The fourth-order valence-electron chi connectivity index (χ4n) is 2.47. The lowest BCUT2D eigenvalue weighted by Gasteiger charge is -2.14. The molecule has 166 valence electrons. The summed E-state index contributed by atoms with van der Waals surface area (Å²) in [5.41, 5.74) is -0.747. The molecule has 0 unspecified atom stereocenters. The number of ether oxygens (including phenoxy) is 3. The van der Waals surface area contributed by atoms with Crippen molar-refractivity contribution in [1.29, 1.82) is 0 Å². The summed E-state index contributed by atoms with van der Waals surface area (Å²) in [6.45, 7) is 0.542. The molecule has 0 heterocycles. The second-order valence-electron chi connectivity index (χ2n) is 6.10. The Morgan fingerprint density at radius 1 is 1.10 bits per heavy atom. The van der Waals surface area contributed by atoms with Gasteiger partial charge in [0.15, 0.2) is 24.7 Å². The van der Waals surface area contributed by atoms with Gasteiger partial charge in [0.05, 0.1) is 18.4 Å². The zero-order valence-corrected chi connectivity index (χ0v) is 17.3. The fourth-order valence-corrected chi connectivity index (χ4v) is 2.64. The molecular formula is C21H19ClF3NO5. The number of hydrogen-bond acceptors (Lipinski definition) is 5. The van der Waals surface area contributed by atoms with Gasteiger partial charge < -0.3 is 19.5 Å². The number of halogens is 4. The minimum absolute atomic E-state index is 0.136. The molecule has 0 aliphatic carbocycles. The molecular weight excluding hydrogens is 439 g/mol. The van der Waals surface area contributed by atoms with Gasteiger partial charge in [-0.2, -0.15) is 13.2 Å². The van der Waals surface area contributed by atoms with Crippen LogP contribution in [0, 0.1) is 0 Å². The van der Waals surface area contributed by atoms with Crippen molar-refractivity contribution in [2.75, 3.05) is 25.6 Å². The summed E-state index contributed by atoms with van der Waals surface area (Å²) in [6.07, 6.45) is -1.02. The monoisotopic (exact) mass is 457 g/mol. The zero-order chi connectivity index (χ0) is 23.0. The van der Waals surface area contributed by atoms with Gasteiger partial charge in [-0.15, -0.1) is 0 Å². The van der Waals surface area contributed by atoms with E-state index in [0.717, 1.165) is 11.6 Å². The number of allylic oxidation sites excluding steroid dienone is 1. The Morgan fingerprint density at radius 2 is 1.84 bits per heavy atom. The highest BCUT2D eigenvalue weighted by molar-refractivity contribution is 6.30.